The zero-order valence-corrected chi connectivity index (χ0v) is 10.6. The second kappa shape index (κ2) is 5.14. The number of carboxylic acid groups (broad SMARTS) is 1. The summed E-state index contributed by atoms with van der Waals surface area (Å²) >= 11 is 3.37. The van der Waals surface area contributed by atoms with Crippen LogP contribution in [0.1, 0.15) is 12.2 Å². The van der Waals surface area contributed by atoms with E-state index in [0.717, 1.165) is 15.7 Å². The van der Waals surface area contributed by atoms with E-state index in [1.54, 1.807) is 6.20 Å². The molecule has 5 heteroatoms. The molecule has 17 heavy (non-hydrogen) atoms. The summed E-state index contributed by atoms with van der Waals surface area (Å²) in [5, 5.41) is 8.58. The summed E-state index contributed by atoms with van der Waals surface area (Å²) in [7, 11) is 0. The number of nitrogens with one attached hydrogen (secondary N) is 1. The van der Waals surface area contributed by atoms with Crippen molar-refractivity contribution in [3.8, 4) is 11.3 Å². The number of hydrogen-bond acceptors (Lipinski definition) is 2. The molecule has 0 aliphatic rings. The van der Waals surface area contributed by atoms with Gasteiger partial charge in [-0.3, -0.25) is 4.79 Å². The Labute approximate surface area is 107 Å². The highest BCUT2D eigenvalue weighted by Crippen LogP contribution is 2.20. The van der Waals surface area contributed by atoms with Crippen LogP contribution in [0.15, 0.2) is 34.9 Å². The number of hydrogen-bond donors (Lipinski definition) is 2. The fourth-order valence-electron chi connectivity index (χ4n) is 1.49. The SMILES string of the molecule is O=C(O)CCc1ncc(-c2ccc(Br)cc2)[nH]1. The first-order valence-electron chi connectivity index (χ1n) is 5.17. The Balaban J connectivity index is 2.12. The van der Waals surface area contributed by atoms with Gasteiger partial charge < -0.3 is 10.1 Å². The molecule has 4 nitrogen and oxygen atoms in total. The van der Waals surface area contributed by atoms with Crippen molar-refractivity contribution >= 4 is 21.9 Å². The summed E-state index contributed by atoms with van der Waals surface area (Å²) < 4.78 is 1.02. The number of carbonyl (C=O) groups is 1. The van der Waals surface area contributed by atoms with Crippen LogP contribution in [-0.4, -0.2) is 21.0 Å². The number of aromatic nitrogens is 2. The monoisotopic (exact) mass is 294 g/mol. The standard InChI is InChI=1S/C12H11BrN2O2/c13-9-3-1-8(2-4-9)10-7-14-11(15-10)5-6-12(16)17/h1-4,7H,5-6H2,(H,14,15)(H,16,17). The van der Waals surface area contributed by atoms with E-state index in [1.807, 2.05) is 24.3 Å². The summed E-state index contributed by atoms with van der Waals surface area (Å²) in [5.74, 6) is -0.114. The summed E-state index contributed by atoms with van der Waals surface area (Å²) in [6, 6.07) is 7.84. The average molecular weight is 295 g/mol. The van der Waals surface area contributed by atoms with Crippen LogP contribution < -0.4 is 0 Å². The molecule has 0 fully saturated rings. The number of nitrogens with zero attached hydrogens (tertiary/aromatic N) is 1. The second-order valence-electron chi connectivity index (χ2n) is 3.64. The van der Waals surface area contributed by atoms with Crippen LogP contribution in [0.2, 0.25) is 0 Å². The molecule has 0 aliphatic carbocycles. The third kappa shape index (κ3) is 3.17. The van der Waals surface area contributed by atoms with Crippen molar-refractivity contribution in [1.29, 1.82) is 0 Å². The number of halogens is 1. The Morgan fingerprint density at radius 2 is 2.06 bits per heavy atom. The summed E-state index contributed by atoms with van der Waals surface area (Å²) in [6.07, 6.45) is 2.24. The predicted molar refractivity (Wildman–Crippen MR) is 67.7 cm³/mol. The van der Waals surface area contributed by atoms with Crippen molar-refractivity contribution < 1.29 is 9.90 Å². The van der Waals surface area contributed by atoms with Crippen LogP contribution in [0, 0.1) is 0 Å². The van der Waals surface area contributed by atoms with Crippen molar-refractivity contribution in [2.75, 3.05) is 0 Å². The minimum atomic E-state index is -0.813. The predicted octanol–water partition coefficient (Wildman–Crippen LogP) is 2.86. The number of H-pyrrole nitrogens is 1. The molecule has 1 heterocycles. The topological polar surface area (TPSA) is 66.0 Å². The molecule has 2 rings (SSSR count). The Hall–Kier alpha value is -1.62. The Morgan fingerprint density at radius 3 is 2.71 bits per heavy atom. The van der Waals surface area contributed by atoms with Crippen LogP contribution in [0.25, 0.3) is 11.3 Å². The van der Waals surface area contributed by atoms with E-state index < -0.39 is 5.97 Å². The van der Waals surface area contributed by atoms with Gasteiger partial charge in [-0.15, -0.1) is 0 Å². The molecule has 2 N–H and O–H groups in total. The van der Waals surface area contributed by atoms with E-state index in [4.69, 9.17) is 5.11 Å². The van der Waals surface area contributed by atoms with Crippen molar-refractivity contribution in [2.24, 2.45) is 0 Å². The molecule has 0 unspecified atom stereocenters. The van der Waals surface area contributed by atoms with Crippen molar-refractivity contribution in [3.05, 3.63) is 40.8 Å². The molecule has 0 saturated carbocycles. The highest BCUT2D eigenvalue weighted by Gasteiger charge is 2.05. The Morgan fingerprint density at radius 1 is 1.35 bits per heavy atom. The smallest absolute Gasteiger partial charge is 0.303 e. The van der Waals surface area contributed by atoms with Crippen LogP contribution in [-0.2, 0) is 11.2 Å². The van der Waals surface area contributed by atoms with Gasteiger partial charge in [0.15, 0.2) is 0 Å². The van der Waals surface area contributed by atoms with E-state index in [1.165, 1.54) is 0 Å². The summed E-state index contributed by atoms with van der Waals surface area (Å²) in [4.78, 5) is 17.7. The van der Waals surface area contributed by atoms with Gasteiger partial charge in [-0.05, 0) is 17.7 Å². The molecule has 0 bridgehead atoms. The first kappa shape index (κ1) is 11.9. The second-order valence-corrected chi connectivity index (χ2v) is 4.56. The number of benzene rings is 1. The molecule has 1 aromatic carbocycles. The number of carboxylic acids is 1. The molecule has 88 valence electrons. The van der Waals surface area contributed by atoms with E-state index in [2.05, 4.69) is 25.9 Å². The number of imidazole rings is 1. The van der Waals surface area contributed by atoms with Crippen LogP contribution in [0.3, 0.4) is 0 Å². The van der Waals surface area contributed by atoms with E-state index in [9.17, 15) is 4.79 Å². The lowest BCUT2D eigenvalue weighted by Gasteiger charge is -1.97. The van der Waals surface area contributed by atoms with Gasteiger partial charge in [-0.25, -0.2) is 4.98 Å². The summed E-state index contributed by atoms with van der Waals surface area (Å²) in [6.45, 7) is 0. The van der Waals surface area contributed by atoms with Gasteiger partial charge >= 0.3 is 5.97 Å². The highest BCUT2D eigenvalue weighted by molar-refractivity contribution is 9.10. The molecule has 0 aliphatic heterocycles. The minimum absolute atomic E-state index is 0.0906. The average Bonchev–Trinajstić information content (AvgIpc) is 2.76. The molecular formula is C12H11BrN2O2. The van der Waals surface area contributed by atoms with Gasteiger partial charge in [0.2, 0.25) is 0 Å². The minimum Gasteiger partial charge on any atom is -0.481 e. The normalized spacial score (nSPS) is 10.4. The maximum Gasteiger partial charge on any atom is 0.303 e. The molecule has 0 amide bonds. The molecule has 0 atom stereocenters. The number of aryl methyl sites for hydroxylation is 1. The van der Waals surface area contributed by atoms with Crippen molar-refractivity contribution in [1.82, 2.24) is 9.97 Å². The Kier molecular flexibility index (Phi) is 3.58. The largest absolute Gasteiger partial charge is 0.481 e. The zero-order valence-electron chi connectivity index (χ0n) is 8.98. The van der Waals surface area contributed by atoms with E-state index in [-0.39, 0.29) is 6.42 Å². The van der Waals surface area contributed by atoms with Crippen LogP contribution in [0.5, 0.6) is 0 Å². The lowest BCUT2D eigenvalue weighted by atomic mass is 10.2. The quantitative estimate of drug-likeness (QED) is 0.911. The van der Waals surface area contributed by atoms with Crippen molar-refractivity contribution in [3.63, 3.8) is 0 Å². The number of aromatic amines is 1. The van der Waals surface area contributed by atoms with Gasteiger partial charge in [-0.2, -0.15) is 0 Å². The van der Waals surface area contributed by atoms with Gasteiger partial charge in [0.05, 0.1) is 18.3 Å². The summed E-state index contributed by atoms with van der Waals surface area (Å²) in [5.41, 5.74) is 1.93. The lowest BCUT2D eigenvalue weighted by molar-refractivity contribution is -0.137. The molecule has 0 saturated heterocycles. The van der Waals surface area contributed by atoms with Gasteiger partial charge in [0.1, 0.15) is 5.82 Å². The lowest BCUT2D eigenvalue weighted by Crippen LogP contribution is -1.98. The number of aliphatic carboxylic acids is 1. The molecule has 0 radical (unpaired) electrons. The van der Waals surface area contributed by atoms with Crippen LogP contribution >= 0.6 is 15.9 Å². The van der Waals surface area contributed by atoms with E-state index in [0.29, 0.717) is 12.2 Å². The zero-order chi connectivity index (χ0) is 12.3. The Bertz CT molecular complexity index is 520. The molecule has 0 spiro atoms. The van der Waals surface area contributed by atoms with Gasteiger partial charge in [0.25, 0.3) is 0 Å². The maximum atomic E-state index is 10.4. The molecule has 2 aromatic rings. The first-order chi connectivity index (χ1) is 8.15. The molecular weight excluding hydrogens is 284 g/mol. The fraction of sp³-hybridized carbons (Fsp3) is 0.167. The highest BCUT2D eigenvalue weighted by atomic mass is 79.9. The first-order valence-corrected chi connectivity index (χ1v) is 5.96. The van der Waals surface area contributed by atoms with Crippen molar-refractivity contribution in [2.45, 2.75) is 12.8 Å². The number of rotatable bonds is 4. The van der Waals surface area contributed by atoms with Gasteiger partial charge in [-0.1, -0.05) is 28.1 Å². The van der Waals surface area contributed by atoms with E-state index >= 15 is 0 Å². The maximum absolute atomic E-state index is 10.4. The third-order valence-electron chi connectivity index (χ3n) is 2.36. The van der Waals surface area contributed by atoms with Crippen LogP contribution in [0.4, 0.5) is 0 Å². The third-order valence-corrected chi connectivity index (χ3v) is 2.89. The molecule has 1 aromatic heterocycles. The fourth-order valence-corrected chi connectivity index (χ4v) is 1.76. The van der Waals surface area contributed by atoms with Gasteiger partial charge in [0, 0.05) is 10.9 Å².